The van der Waals surface area contributed by atoms with Crippen molar-refractivity contribution in [2.75, 3.05) is 19.0 Å². The molecular formula is C25H29N3O2. The molecule has 0 bridgehead atoms. The molecule has 30 heavy (non-hydrogen) atoms. The number of oxazole rings is 1. The van der Waals surface area contributed by atoms with E-state index >= 15 is 0 Å². The molecule has 0 unspecified atom stereocenters. The van der Waals surface area contributed by atoms with Crippen molar-refractivity contribution in [2.24, 2.45) is 0 Å². The zero-order chi connectivity index (χ0) is 20.9. The fourth-order valence-corrected chi connectivity index (χ4v) is 3.96. The van der Waals surface area contributed by atoms with Gasteiger partial charge in [0.25, 0.3) is 0 Å². The van der Waals surface area contributed by atoms with E-state index < -0.39 is 0 Å². The third kappa shape index (κ3) is 3.80. The van der Waals surface area contributed by atoms with Crippen molar-refractivity contribution < 1.29 is 9.15 Å². The molecule has 4 rings (SSSR count). The Bertz CT molecular complexity index is 1100. The number of nitrogens with zero attached hydrogens (tertiary/aromatic N) is 2. The molecule has 0 saturated carbocycles. The lowest BCUT2D eigenvalue weighted by atomic mass is 10.0. The molecule has 0 atom stereocenters. The van der Waals surface area contributed by atoms with Crippen molar-refractivity contribution in [3.05, 3.63) is 55.1 Å². The van der Waals surface area contributed by atoms with E-state index in [9.17, 15) is 0 Å². The van der Waals surface area contributed by atoms with Crippen molar-refractivity contribution >= 4 is 16.6 Å². The van der Waals surface area contributed by atoms with E-state index in [2.05, 4.69) is 65.1 Å². The predicted molar refractivity (Wildman–Crippen MR) is 123 cm³/mol. The average molecular weight is 404 g/mol. The van der Waals surface area contributed by atoms with Crippen LogP contribution in [0.1, 0.15) is 33.1 Å². The highest BCUT2D eigenvalue weighted by molar-refractivity contribution is 6.03. The van der Waals surface area contributed by atoms with Crippen LogP contribution >= 0.6 is 0 Å². The fraction of sp³-hybridized carbons (Fsp3) is 0.320. The summed E-state index contributed by atoms with van der Waals surface area (Å²) in [4.78, 5) is 4.17. The summed E-state index contributed by atoms with van der Waals surface area (Å²) < 4.78 is 13.6. The van der Waals surface area contributed by atoms with E-state index in [1.807, 2.05) is 6.07 Å². The number of methoxy groups -OCH3 is 1. The Morgan fingerprint density at radius 2 is 1.90 bits per heavy atom. The van der Waals surface area contributed by atoms with E-state index in [0.29, 0.717) is 0 Å². The quantitative estimate of drug-likeness (QED) is 0.320. The maximum absolute atomic E-state index is 5.76. The topological polar surface area (TPSA) is 52.2 Å². The average Bonchev–Trinajstić information content (AvgIpc) is 3.41. The molecule has 5 nitrogen and oxygen atoms in total. The Kier molecular flexibility index (Phi) is 6.07. The maximum atomic E-state index is 5.76. The Morgan fingerprint density at radius 1 is 1.07 bits per heavy atom. The summed E-state index contributed by atoms with van der Waals surface area (Å²) in [6.07, 6.45) is 6.67. The van der Waals surface area contributed by atoms with Crippen LogP contribution in [0.5, 0.6) is 5.75 Å². The van der Waals surface area contributed by atoms with Gasteiger partial charge in [0.15, 0.2) is 12.2 Å². The van der Waals surface area contributed by atoms with E-state index in [1.165, 1.54) is 19.2 Å². The Hall–Kier alpha value is -3.21. The maximum Gasteiger partial charge on any atom is 0.181 e. The first-order valence-electron chi connectivity index (χ1n) is 10.7. The van der Waals surface area contributed by atoms with Crippen LogP contribution < -0.4 is 10.1 Å². The van der Waals surface area contributed by atoms with E-state index in [1.54, 1.807) is 13.3 Å². The number of unbranched alkanes of at least 4 members (excludes halogenated alkanes) is 1. The molecule has 0 aliphatic heterocycles. The van der Waals surface area contributed by atoms with Gasteiger partial charge in [-0.15, -0.1) is 0 Å². The molecule has 0 amide bonds. The predicted octanol–water partition coefficient (Wildman–Crippen LogP) is 6.59. The van der Waals surface area contributed by atoms with Crippen LogP contribution in [-0.4, -0.2) is 23.2 Å². The van der Waals surface area contributed by atoms with E-state index in [-0.39, 0.29) is 0 Å². The summed E-state index contributed by atoms with van der Waals surface area (Å²) in [5.41, 5.74) is 5.67. The molecule has 0 fully saturated rings. The highest BCUT2D eigenvalue weighted by atomic mass is 16.5. The zero-order valence-electron chi connectivity index (χ0n) is 17.9. The second-order valence-corrected chi connectivity index (χ2v) is 7.48. The number of nitrogens with one attached hydrogen (secondary N) is 1. The highest BCUT2D eigenvalue weighted by Crippen LogP contribution is 2.42. The molecule has 0 aliphatic carbocycles. The van der Waals surface area contributed by atoms with Gasteiger partial charge < -0.3 is 19.0 Å². The number of aromatic nitrogens is 2. The van der Waals surface area contributed by atoms with Crippen LogP contribution in [0, 0.1) is 0 Å². The van der Waals surface area contributed by atoms with Crippen LogP contribution in [0.25, 0.3) is 33.5 Å². The summed E-state index contributed by atoms with van der Waals surface area (Å²) in [5.74, 6) is 1.63. The molecule has 5 heteroatoms. The van der Waals surface area contributed by atoms with E-state index in [0.717, 1.165) is 64.4 Å². The van der Waals surface area contributed by atoms with Gasteiger partial charge in [0.05, 0.1) is 30.1 Å². The minimum atomic E-state index is 0.778. The van der Waals surface area contributed by atoms with Gasteiger partial charge in [-0.05, 0) is 42.7 Å². The minimum absolute atomic E-state index is 0.778. The van der Waals surface area contributed by atoms with Gasteiger partial charge in [-0.2, -0.15) is 0 Å². The lowest BCUT2D eigenvalue weighted by Gasteiger charge is -2.13. The van der Waals surface area contributed by atoms with Crippen molar-refractivity contribution in [2.45, 2.75) is 39.7 Å². The molecule has 0 saturated heterocycles. The Morgan fingerprint density at radius 3 is 2.57 bits per heavy atom. The van der Waals surface area contributed by atoms with Gasteiger partial charge >= 0.3 is 0 Å². The normalized spacial score (nSPS) is 11.2. The number of ether oxygens (including phenoxy) is 1. The Labute approximate surface area is 177 Å². The monoisotopic (exact) mass is 403 g/mol. The summed E-state index contributed by atoms with van der Waals surface area (Å²) in [6, 6.07) is 14.9. The van der Waals surface area contributed by atoms with Crippen molar-refractivity contribution in [1.29, 1.82) is 0 Å². The molecular weight excluding hydrogens is 374 g/mol. The highest BCUT2D eigenvalue weighted by Gasteiger charge is 2.22. The van der Waals surface area contributed by atoms with Gasteiger partial charge in [-0.3, -0.25) is 0 Å². The largest absolute Gasteiger partial charge is 0.497 e. The number of fused-ring (bicyclic) bond motifs is 1. The molecule has 0 radical (unpaired) electrons. The van der Waals surface area contributed by atoms with Crippen LogP contribution in [0.3, 0.4) is 0 Å². The van der Waals surface area contributed by atoms with Crippen molar-refractivity contribution in [3.8, 4) is 28.3 Å². The van der Waals surface area contributed by atoms with E-state index in [4.69, 9.17) is 9.15 Å². The summed E-state index contributed by atoms with van der Waals surface area (Å²) >= 11 is 0. The minimum Gasteiger partial charge on any atom is -0.497 e. The van der Waals surface area contributed by atoms with Gasteiger partial charge in [0, 0.05) is 30.2 Å². The standard InChI is InChI=1S/C25H29N3O2/c1-4-6-13-27-19-9-7-18(8-10-19)25-24(23-16-26-17-30-23)21-12-11-20(29-3)15-22(21)28(25)14-5-2/h7-12,15-17,27H,4-6,13-14H2,1-3H3. The number of hydrogen-bond acceptors (Lipinski definition) is 4. The molecule has 4 aromatic rings. The van der Waals surface area contributed by atoms with Crippen molar-refractivity contribution in [1.82, 2.24) is 9.55 Å². The first-order valence-corrected chi connectivity index (χ1v) is 10.7. The number of hydrogen-bond donors (Lipinski definition) is 1. The number of rotatable bonds is 9. The summed E-state index contributed by atoms with van der Waals surface area (Å²) in [5, 5.41) is 4.64. The molecule has 1 N–H and O–H groups in total. The molecule has 0 spiro atoms. The number of anilines is 1. The van der Waals surface area contributed by atoms with Gasteiger partial charge in [0.2, 0.25) is 0 Å². The smallest absolute Gasteiger partial charge is 0.181 e. The van der Waals surface area contributed by atoms with Crippen LogP contribution in [0.4, 0.5) is 5.69 Å². The molecule has 2 aromatic carbocycles. The first-order chi connectivity index (χ1) is 14.8. The lowest BCUT2D eigenvalue weighted by Crippen LogP contribution is -2.02. The van der Waals surface area contributed by atoms with Gasteiger partial charge in [-0.1, -0.05) is 32.4 Å². The third-order valence-corrected chi connectivity index (χ3v) is 5.42. The third-order valence-electron chi connectivity index (χ3n) is 5.42. The molecule has 0 aliphatic rings. The molecule has 156 valence electrons. The van der Waals surface area contributed by atoms with Crippen LogP contribution in [0.2, 0.25) is 0 Å². The summed E-state index contributed by atoms with van der Waals surface area (Å²) in [7, 11) is 1.71. The SMILES string of the molecule is CCCCNc1ccc(-c2c(-c3cnco3)c3ccc(OC)cc3n2CCC)cc1. The van der Waals surface area contributed by atoms with Crippen molar-refractivity contribution in [3.63, 3.8) is 0 Å². The Balaban J connectivity index is 1.89. The summed E-state index contributed by atoms with van der Waals surface area (Å²) in [6.45, 7) is 6.31. The second kappa shape index (κ2) is 9.08. The molecule has 2 heterocycles. The fourth-order valence-electron chi connectivity index (χ4n) is 3.96. The first kappa shape index (κ1) is 20.1. The van der Waals surface area contributed by atoms with Gasteiger partial charge in [0.1, 0.15) is 5.75 Å². The zero-order valence-corrected chi connectivity index (χ0v) is 17.9. The lowest BCUT2D eigenvalue weighted by molar-refractivity contribution is 0.415. The number of aryl methyl sites for hydroxylation is 1. The van der Waals surface area contributed by atoms with Crippen LogP contribution in [-0.2, 0) is 6.54 Å². The van der Waals surface area contributed by atoms with Crippen LogP contribution in [0.15, 0.2) is 59.5 Å². The number of benzene rings is 2. The molecule has 2 aromatic heterocycles. The van der Waals surface area contributed by atoms with Gasteiger partial charge in [-0.25, -0.2) is 4.98 Å². The second-order valence-electron chi connectivity index (χ2n) is 7.48.